The molecule has 0 saturated heterocycles. The highest BCUT2D eigenvalue weighted by Gasteiger charge is 2.23. The summed E-state index contributed by atoms with van der Waals surface area (Å²) in [7, 11) is 0. The van der Waals surface area contributed by atoms with E-state index in [0.29, 0.717) is 10.6 Å². The van der Waals surface area contributed by atoms with Crippen LogP contribution in [0, 0.1) is 13.8 Å². The van der Waals surface area contributed by atoms with Gasteiger partial charge in [0.15, 0.2) is 0 Å². The van der Waals surface area contributed by atoms with Crippen LogP contribution in [0.5, 0.6) is 0 Å². The first-order valence-corrected chi connectivity index (χ1v) is 12.3. The predicted octanol–water partition coefficient (Wildman–Crippen LogP) is 7.09. The first-order chi connectivity index (χ1) is 16.0. The molecule has 1 heterocycles. The zero-order chi connectivity index (χ0) is 23.2. The van der Waals surface area contributed by atoms with Crippen molar-refractivity contribution in [3.05, 3.63) is 112 Å². The predicted molar refractivity (Wildman–Crippen MR) is 138 cm³/mol. The number of aryl methyl sites for hydroxylation is 2. The van der Waals surface area contributed by atoms with Crippen LogP contribution in [0.1, 0.15) is 31.6 Å². The van der Waals surface area contributed by atoms with Crippen LogP contribution in [-0.2, 0) is 4.79 Å². The summed E-state index contributed by atoms with van der Waals surface area (Å²) in [5.74, 6) is -0.229. The molecule has 2 amide bonds. The lowest BCUT2D eigenvalue weighted by Gasteiger charge is -2.19. The molecule has 0 bridgehead atoms. The van der Waals surface area contributed by atoms with E-state index in [-0.39, 0.29) is 11.8 Å². The van der Waals surface area contributed by atoms with Crippen LogP contribution in [0.15, 0.2) is 95.2 Å². The number of hydrogen-bond donors (Lipinski definition) is 2. The first kappa shape index (κ1) is 22.8. The van der Waals surface area contributed by atoms with Crippen LogP contribution >= 0.6 is 23.1 Å². The second-order valence-corrected chi connectivity index (χ2v) is 9.80. The van der Waals surface area contributed by atoms with E-state index in [1.54, 1.807) is 6.07 Å². The highest BCUT2D eigenvalue weighted by Crippen LogP contribution is 2.37. The van der Waals surface area contributed by atoms with Crippen LogP contribution < -0.4 is 10.6 Å². The van der Waals surface area contributed by atoms with Crippen molar-refractivity contribution in [2.45, 2.75) is 24.0 Å². The third-order valence-electron chi connectivity index (χ3n) is 5.08. The Morgan fingerprint density at radius 2 is 1.67 bits per heavy atom. The van der Waals surface area contributed by atoms with E-state index in [2.05, 4.69) is 10.6 Å². The van der Waals surface area contributed by atoms with Crippen molar-refractivity contribution in [2.24, 2.45) is 0 Å². The molecule has 0 radical (unpaired) electrons. The van der Waals surface area contributed by atoms with Crippen molar-refractivity contribution in [2.75, 3.05) is 10.6 Å². The Kier molecular flexibility index (Phi) is 7.27. The third-order valence-corrected chi connectivity index (χ3v) is 7.20. The minimum Gasteiger partial charge on any atom is -0.325 e. The lowest BCUT2D eigenvalue weighted by atomic mass is 10.1. The van der Waals surface area contributed by atoms with E-state index in [4.69, 9.17) is 0 Å². The lowest BCUT2D eigenvalue weighted by Crippen LogP contribution is -2.19. The Bertz CT molecular complexity index is 1250. The van der Waals surface area contributed by atoms with E-state index in [9.17, 15) is 9.59 Å². The monoisotopic (exact) mass is 472 g/mol. The van der Waals surface area contributed by atoms with Gasteiger partial charge in [0.2, 0.25) is 5.91 Å². The van der Waals surface area contributed by atoms with Gasteiger partial charge in [0.1, 0.15) is 5.25 Å². The molecule has 0 aliphatic carbocycles. The third kappa shape index (κ3) is 5.92. The molecule has 166 valence electrons. The van der Waals surface area contributed by atoms with Crippen LogP contribution in [0.2, 0.25) is 0 Å². The van der Waals surface area contributed by atoms with Crippen molar-refractivity contribution < 1.29 is 9.59 Å². The lowest BCUT2D eigenvalue weighted by molar-refractivity contribution is -0.115. The Morgan fingerprint density at radius 3 is 2.42 bits per heavy atom. The summed E-state index contributed by atoms with van der Waals surface area (Å²) in [5.41, 5.74) is 4.54. The van der Waals surface area contributed by atoms with Crippen molar-refractivity contribution >= 4 is 46.3 Å². The molecule has 0 saturated carbocycles. The molecule has 4 nitrogen and oxygen atoms in total. The van der Waals surface area contributed by atoms with E-state index < -0.39 is 5.25 Å². The quantitative estimate of drug-likeness (QED) is 0.282. The fraction of sp³-hybridized carbons (Fsp3) is 0.111. The van der Waals surface area contributed by atoms with Crippen molar-refractivity contribution in [3.8, 4) is 0 Å². The minimum atomic E-state index is -0.450. The molecular formula is C27H24N2O2S2. The normalized spacial score (nSPS) is 11.6. The van der Waals surface area contributed by atoms with Gasteiger partial charge in [0.25, 0.3) is 5.91 Å². The van der Waals surface area contributed by atoms with Gasteiger partial charge in [-0.1, -0.05) is 54.6 Å². The van der Waals surface area contributed by atoms with Gasteiger partial charge in [0, 0.05) is 16.3 Å². The summed E-state index contributed by atoms with van der Waals surface area (Å²) in [4.78, 5) is 27.4. The molecule has 1 atom stereocenters. The van der Waals surface area contributed by atoms with E-state index in [0.717, 1.165) is 27.3 Å². The molecule has 1 unspecified atom stereocenters. The average molecular weight is 473 g/mol. The zero-order valence-corrected chi connectivity index (χ0v) is 20.0. The van der Waals surface area contributed by atoms with Crippen molar-refractivity contribution in [3.63, 3.8) is 0 Å². The topological polar surface area (TPSA) is 58.2 Å². The maximum absolute atomic E-state index is 13.4. The number of hydrogen-bond acceptors (Lipinski definition) is 4. The first-order valence-electron chi connectivity index (χ1n) is 10.5. The van der Waals surface area contributed by atoms with Gasteiger partial charge in [-0.3, -0.25) is 9.59 Å². The van der Waals surface area contributed by atoms with Gasteiger partial charge in [-0.25, -0.2) is 0 Å². The molecule has 3 aromatic carbocycles. The van der Waals surface area contributed by atoms with E-state index in [1.165, 1.54) is 23.1 Å². The highest BCUT2D eigenvalue weighted by molar-refractivity contribution is 8.00. The molecule has 2 N–H and O–H groups in total. The molecule has 4 rings (SSSR count). The molecule has 4 aromatic rings. The summed E-state index contributed by atoms with van der Waals surface area (Å²) < 4.78 is 0. The largest absolute Gasteiger partial charge is 0.325 e. The number of benzene rings is 3. The summed E-state index contributed by atoms with van der Waals surface area (Å²) in [6.45, 7) is 3.99. The summed E-state index contributed by atoms with van der Waals surface area (Å²) in [6, 6.07) is 27.0. The smallest absolute Gasteiger partial charge is 0.265 e. The van der Waals surface area contributed by atoms with Crippen LogP contribution in [-0.4, -0.2) is 11.8 Å². The number of carbonyl (C=O) groups is 2. The minimum absolute atomic E-state index is 0.0899. The van der Waals surface area contributed by atoms with Gasteiger partial charge in [0.05, 0.1) is 4.88 Å². The van der Waals surface area contributed by atoms with Crippen LogP contribution in [0.3, 0.4) is 0 Å². The summed E-state index contributed by atoms with van der Waals surface area (Å²) in [5, 5.41) is 7.47. The molecule has 33 heavy (non-hydrogen) atoms. The number of thioether (sulfide) groups is 1. The maximum atomic E-state index is 13.4. The van der Waals surface area contributed by atoms with Gasteiger partial charge < -0.3 is 10.6 Å². The molecular weight excluding hydrogens is 448 g/mol. The Hall–Kier alpha value is -3.35. The number of rotatable bonds is 7. The zero-order valence-electron chi connectivity index (χ0n) is 18.4. The van der Waals surface area contributed by atoms with Gasteiger partial charge in [-0.15, -0.1) is 23.1 Å². The van der Waals surface area contributed by atoms with Crippen molar-refractivity contribution in [1.29, 1.82) is 0 Å². The SMILES string of the molecule is Cc1ccc(C)c(NC(=O)C(Sc2cccc(NC(=O)c3cccs3)c2)c2ccccc2)c1. The number of anilines is 2. The Morgan fingerprint density at radius 1 is 0.848 bits per heavy atom. The summed E-state index contributed by atoms with van der Waals surface area (Å²) >= 11 is 2.86. The molecule has 0 fully saturated rings. The van der Waals surface area contributed by atoms with E-state index >= 15 is 0 Å². The van der Waals surface area contributed by atoms with Gasteiger partial charge >= 0.3 is 0 Å². The second-order valence-electron chi connectivity index (χ2n) is 7.68. The molecule has 0 aliphatic heterocycles. The van der Waals surface area contributed by atoms with Crippen LogP contribution in [0.4, 0.5) is 11.4 Å². The molecule has 0 aliphatic rings. The number of carbonyl (C=O) groups excluding carboxylic acids is 2. The second kappa shape index (κ2) is 10.5. The fourth-order valence-electron chi connectivity index (χ4n) is 3.35. The number of nitrogens with one attached hydrogen (secondary N) is 2. The van der Waals surface area contributed by atoms with Crippen LogP contribution in [0.25, 0.3) is 0 Å². The van der Waals surface area contributed by atoms with E-state index in [1.807, 2.05) is 98.1 Å². The number of thiophene rings is 1. The molecule has 1 aromatic heterocycles. The molecule has 6 heteroatoms. The molecule has 0 spiro atoms. The average Bonchev–Trinajstić information content (AvgIpc) is 3.36. The standard InChI is InChI=1S/C27H24N2O2S2/c1-18-13-14-19(2)23(16-18)29-27(31)25(20-8-4-3-5-9-20)33-22-11-6-10-21(17-22)28-26(30)24-12-7-15-32-24/h3-17,25H,1-2H3,(H,28,30)(H,29,31). The van der Waals surface area contributed by atoms with Gasteiger partial charge in [-0.05, 0) is 66.2 Å². The Balaban J connectivity index is 1.56. The Labute approximate surface area is 202 Å². The summed E-state index contributed by atoms with van der Waals surface area (Å²) in [6.07, 6.45) is 0. The fourth-order valence-corrected chi connectivity index (χ4v) is 5.06. The number of amides is 2. The maximum Gasteiger partial charge on any atom is 0.265 e. The van der Waals surface area contributed by atoms with Crippen molar-refractivity contribution in [1.82, 2.24) is 0 Å². The van der Waals surface area contributed by atoms with Gasteiger partial charge in [-0.2, -0.15) is 0 Å². The highest BCUT2D eigenvalue weighted by atomic mass is 32.2.